The third kappa shape index (κ3) is 4.26. The second-order valence-corrected chi connectivity index (χ2v) is 5.79. The van der Waals surface area contributed by atoms with Gasteiger partial charge in [-0.15, -0.1) is 0 Å². The fourth-order valence-electron chi connectivity index (χ4n) is 2.16. The highest BCUT2D eigenvalue weighted by atomic mass is 79.9. The van der Waals surface area contributed by atoms with Crippen molar-refractivity contribution in [2.45, 2.75) is 26.4 Å². The summed E-state index contributed by atoms with van der Waals surface area (Å²) < 4.78 is 1.03. The number of nitrogens with two attached hydrogens (primary N) is 1. The van der Waals surface area contributed by atoms with Crippen LogP contribution in [0.2, 0.25) is 0 Å². The lowest BCUT2D eigenvalue weighted by molar-refractivity contribution is 0.174. The number of likely N-dealkylation sites (N-methyl/N-ethyl adjacent to an activating group) is 2. The first-order chi connectivity index (χ1) is 8.45. The summed E-state index contributed by atoms with van der Waals surface area (Å²) in [6, 6.07) is 6.59. The van der Waals surface area contributed by atoms with E-state index in [0.717, 1.165) is 29.8 Å². The molecular formula is C14H24BrN3. The molecule has 2 N–H and O–H groups in total. The number of hydrogen-bond acceptors (Lipinski definition) is 3. The molecule has 0 heterocycles. The van der Waals surface area contributed by atoms with Gasteiger partial charge in [-0.25, -0.2) is 0 Å². The molecule has 0 amide bonds. The van der Waals surface area contributed by atoms with Gasteiger partial charge in [0.2, 0.25) is 0 Å². The van der Waals surface area contributed by atoms with Gasteiger partial charge in [-0.3, -0.25) is 4.90 Å². The standard InChI is InChI=1S/C14H24BrN3/c1-5-18(11(2)9-17(3)4)10-12-7-6-8-13(16)14(12)15/h6-8,11H,5,9-10,16H2,1-4H3. The number of anilines is 1. The van der Waals surface area contributed by atoms with Gasteiger partial charge < -0.3 is 10.6 Å². The molecule has 0 saturated heterocycles. The first kappa shape index (κ1) is 15.5. The smallest absolute Gasteiger partial charge is 0.0461 e. The van der Waals surface area contributed by atoms with Crippen LogP contribution in [0.1, 0.15) is 19.4 Å². The first-order valence-electron chi connectivity index (χ1n) is 6.37. The Bertz CT molecular complexity index is 379. The lowest BCUT2D eigenvalue weighted by Crippen LogP contribution is -2.39. The average Bonchev–Trinajstić information content (AvgIpc) is 2.30. The van der Waals surface area contributed by atoms with Crippen LogP contribution in [-0.4, -0.2) is 43.0 Å². The van der Waals surface area contributed by atoms with E-state index in [-0.39, 0.29) is 0 Å². The number of nitrogen functional groups attached to an aromatic ring is 1. The molecule has 4 heteroatoms. The lowest BCUT2D eigenvalue weighted by atomic mass is 10.1. The SMILES string of the molecule is CCN(Cc1cccc(N)c1Br)C(C)CN(C)C. The Balaban J connectivity index is 2.76. The number of hydrogen-bond donors (Lipinski definition) is 1. The molecule has 1 unspecified atom stereocenters. The van der Waals surface area contributed by atoms with Crippen LogP contribution in [0.4, 0.5) is 5.69 Å². The summed E-state index contributed by atoms with van der Waals surface area (Å²) in [7, 11) is 4.22. The van der Waals surface area contributed by atoms with E-state index in [2.05, 4.69) is 59.7 Å². The zero-order valence-corrected chi connectivity index (χ0v) is 13.4. The molecule has 0 aromatic heterocycles. The molecule has 0 fully saturated rings. The van der Waals surface area contributed by atoms with Crippen molar-refractivity contribution < 1.29 is 0 Å². The van der Waals surface area contributed by atoms with Crippen molar-refractivity contribution in [2.75, 3.05) is 32.9 Å². The van der Waals surface area contributed by atoms with Crippen LogP contribution in [0, 0.1) is 0 Å². The maximum Gasteiger partial charge on any atom is 0.0461 e. The van der Waals surface area contributed by atoms with Crippen LogP contribution >= 0.6 is 15.9 Å². The third-order valence-corrected chi connectivity index (χ3v) is 4.11. The fourth-order valence-corrected chi connectivity index (χ4v) is 2.55. The van der Waals surface area contributed by atoms with E-state index in [1.54, 1.807) is 0 Å². The summed E-state index contributed by atoms with van der Waals surface area (Å²) in [5.41, 5.74) is 7.98. The molecule has 1 aromatic rings. The Hall–Kier alpha value is -0.580. The second-order valence-electron chi connectivity index (χ2n) is 4.99. The van der Waals surface area contributed by atoms with E-state index in [1.807, 2.05) is 12.1 Å². The van der Waals surface area contributed by atoms with Crippen LogP contribution in [0.15, 0.2) is 22.7 Å². The summed E-state index contributed by atoms with van der Waals surface area (Å²) in [4.78, 5) is 4.68. The molecule has 3 nitrogen and oxygen atoms in total. The molecule has 0 bridgehead atoms. The zero-order valence-electron chi connectivity index (χ0n) is 11.8. The normalized spacial score (nSPS) is 13.3. The Morgan fingerprint density at radius 2 is 2.00 bits per heavy atom. The summed E-state index contributed by atoms with van der Waals surface area (Å²) in [6.45, 7) is 7.50. The molecular weight excluding hydrogens is 290 g/mol. The van der Waals surface area contributed by atoms with Gasteiger partial charge in [-0.05, 0) is 55.1 Å². The fraction of sp³-hybridized carbons (Fsp3) is 0.571. The van der Waals surface area contributed by atoms with Gasteiger partial charge >= 0.3 is 0 Å². The minimum Gasteiger partial charge on any atom is -0.398 e. The summed E-state index contributed by atoms with van der Waals surface area (Å²) in [6.07, 6.45) is 0. The van der Waals surface area contributed by atoms with Crippen molar-refractivity contribution in [2.24, 2.45) is 0 Å². The quantitative estimate of drug-likeness (QED) is 0.820. The molecule has 0 spiro atoms. The largest absolute Gasteiger partial charge is 0.398 e. The summed E-state index contributed by atoms with van der Waals surface area (Å²) >= 11 is 3.58. The molecule has 18 heavy (non-hydrogen) atoms. The molecule has 1 atom stereocenters. The molecule has 102 valence electrons. The van der Waals surface area contributed by atoms with Crippen LogP contribution in [0.25, 0.3) is 0 Å². The molecule has 0 aliphatic carbocycles. The summed E-state index contributed by atoms with van der Waals surface area (Å²) in [5.74, 6) is 0. The number of rotatable bonds is 6. The van der Waals surface area contributed by atoms with Crippen LogP contribution in [0.5, 0.6) is 0 Å². The van der Waals surface area contributed by atoms with Crippen molar-refractivity contribution in [1.82, 2.24) is 9.80 Å². The number of halogens is 1. The van der Waals surface area contributed by atoms with Gasteiger partial charge in [0.1, 0.15) is 0 Å². The number of benzene rings is 1. The van der Waals surface area contributed by atoms with Crippen molar-refractivity contribution >= 4 is 21.6 Å². The van der Waals surface area contributed by atoms with E-state index in [4.69, 9.17) is 5.73 Å². The molecule has 0 aliphatic heterocycles. The third-order valence-electron chi connectivity index (χ3n) is 3.14. The van der Waals surface area contributed by atoms with Gasteiger partial charge in [0, 0.05) is 29.3 Å². The Morgan fingerprint density at radius 3 is 2.56 bits per heavy atom. The van der Waals surface area contributed by atoms with Crippen LogP contribution in [-0.2, 0) is 6.54 Å². The maximum atomic E-state index is 5.92. The molecule has 0 aliphatic rings. The predicted octanol–water partition coefficient (Wildman–Crippen LogP) is 2.80. The van der Waals surface area contributed by atoms with Crippen LogP contribution < -0.4 is 5.73 Å². The van der Waals surface area contributed by atoms with Crippen molar-refractivity contribution in [1.29, 1.82) is 0 Å². The van der Waals surface area contributed by atoms with Gasteiger partial charge in [0.25, 0.3) is 0 Å². The Morgan fingerprint density at radius 1 is 1.33 bits per heavy atom. The van der Waals surface area contributed by atoms with Gasteiger partial charge in [0.15, 0.2) is 0 Å². The van der Waals surface area contributed by atoms with E-state index >= 15 is 0 Å². The molecule has 0 saturated carbocycles. The number of nitrogens with zero attached hydrogens (tertiary/aromatic N) is 2. The average molecular weight is 314 g/mol. The molecule has 1 rings (SSSR count). The predicted molar refractivity (Wildman–Crippen MR) is 82.7 cm³/mol. The zero-order chi connectivity index (χ0) is 13.7. The topological polar surface area (TPSA) is 32.5 Å². The Labute approximate surface area is 119 Å². The minimum atomic E-state index is 0.526. The highest BCUT2D eigenvalue weighted by molar-refractivity contribution is 9.10. The lowest BCUT2D eigenvalue weighted by Gasteiger charge is -2.30. The monoisotopic (exact) mass is 313 g/mol. The minimum absolute atomic E-state index is 0.526. The van der Waals surface area contributed by atoms with Crippen molar-refractivity contribution in [3.8, 4) is 0 Å². The van der Waals surface area contributed by atoms with E-state index in [9.17, 15) is 0 Å². The Kier molecular flexibility index (Phi) is 6.12. The van der Waals surface area contributed by atoms with E-state index in [1.165, 1.54) is 5.56 Å². The van der Waals surface area contributed by atoms with Gasteiger partial charge in [-0.2, -0.15) is 0 Å². The second kappa shape index (κ2) is 7.12. The van der Waals surface area contributed by atoms with Gasteiger partial charge in [-0.1, -0.05) is 19.1 Å². The van der Waals surface area contributed by atoms with Crippen LogP contribution in [0.3, 0.4) is 0 Å². The van der Waals surface area contributed by atoms with Crippen molar-refractivity contribution in [3.05, 3.63) is 28.2 Å². The highest BCUT2D eigenvalue weighted by Crippen LogP contribution is 2.25. The van der Waals surface area contributed by atoms with E-state index < -0.39 is 0 Å². The maximum absolute atomic E-state index is 5.92. The first-order valence-corrected chi connectivity index (χ1v) is 7.16. The molecule has 0 radical (unpaired) electrons. The highest BCUT2D eigenvalue weighted by Gasteiger charge is 2.15. The van der Waals surface area contributed by atoms with Crippen molar-refractivity contribution in [3.63, 3.8) is 0 Å². The summed E-state index contributed by atoms with van der Waals surface area (Å²) in [5, 5.41) is 0. The van der Waals surface area contributed by atoms with E-state index in [0.29, 0.717) is 6.04 Å². The van der Waals surface area contributed by atoms with Gasteiger partial charge in [0.05, 0.1) is 0 Å². The molecule has 1 aromatic carbocycles.